The molecule has 6 nitrogen and oxygen atoms in total. The number of allylic oxidation sites excluding steroid dienone is 3. The van der Waals surface area contributed by atoms with Gasteiger partial charge in [0.15, 0.2) is 0 Å². The van der Waals surface area contributed by atoms with Crippen LogP contribution >= 0.6 is 0 Å². The lowest BCUT2D eigenvalue weighted by molar-refractivity contribution is -0.157. The lowest BCUT2D eigenvalue weighted by Gasteiger charge is -2.45. The summed E-state index contributed by atoms with van der Waals surface area (Å²) in [5, 5.41) is 23.6. The van der Waals surface area contributed by atoms with Gasteiger partial charge >= 0.3 is 11.9 Å². The number of cyclic esters (lactones) is 2. The molecular formula is C30H38O6. The minimum atomic E-state index is -1.15. The Morgan fingerprint density at radius 2 is 1.89 bits per heavy atom. The summed E-state index contributed by atoms with van der Waals surface area (Å²) in [7, 11) is 0. The highest BCUT2D eigenvalue weighted by Gasteiger charge is 2.62. The molecule has 3 aliphatic carbocycles. The Balaban J connectivity index is 1.48. The maximum Gasteiger partial charge on any atom is 0.333 e. The highest BCUT2D eigenvalue weighted by Crippen LogP contribution is 2.64. The molecule has 2 aliphatic heterocycles. The molecule has 0 aromatic carbocycles. The van der Waals surface area contributed by atoms with Gasteiger partial charge in [-0.2, -0.15) is 0 Å². The van der Waals surface area contributed by atoms with Gasteiger partial charge in [0.1, 0.15) is 11.7 Å². The van der Waals surface area contributed by atoms with Crippen molar-refractivity contribution in [2.24, 2.45) is 29.1 Å². The molecule has 0 aromatic rings. The van der Waals surface area contributed by atoms with E-state index in [0.29, 0.717) is 24.8 Å². The Bertz CT molecular complexity index is 1140. The zero-order valence-electron chi connectivity index (χ0n) is 21.9. The largest absolute Gasteiger partial charge is 0.458 e. The monoisotopic (exact) mass is 494 g/mol. The molecule has 1 fully saturated rings. The molecule has 194 valence electrons. The summed E-state index contributed by atoms with van der Waals surface area (Å²) < 4.78 is 11.4. The fourth-order valence-corrected chi connectivity index (χ4v) is 7.77. The van der Waals surface area contributed by atoms with Gasteiger partial charge in [-0.05, 0) is 74.2 Å². The molecular weight excluding hydrogens is 456 g/mol. The highest BCUT2D eigenvalue weighted by molar-refractivity contribution is 5.88. The smallest absolute Gasteiger partial charge is 0.333 e. The fraction of sp³-hybridized carbons (Fsp3) is 0.600. The van der Waals surface area contributed by atoms with Crippen molar-refractivity contribution < 1.29 is 29.3 Å². The van der Waals surface area contributed by atoms with Crippen LogP contribution in [0.15, 0.2) is 59.3 Å². The Labute approximate surface area is 213 Å². The first-order chi connectivity index (χ1) is 16.8. The van der Waals surface area contributed by atoms with Gasteiger partial charge in [0.25, 0.3) is 0 Å². The van der Waals surface area contributed by atoms with Crippen molar-refractivity contribution >= 4 is 11.9 Å². The molecule has 2 heterocycles. The summed E-state index contributed by atoms with van der Waals surface area (Å²) in [6.45, 7) is 14.2. The molecule has 0 aromatic heterocycles. The fourth-order valence-electron chi connectivity index (χ4n) is 7.77. The van der Waals surface area contributed by atoms with Crippen LogP contribution in [0.3, 0.4) is 0 Å². The average Bonchev–Trinajstić information content (AvgIpc) is 2.86. The van der Waals surface area contributed by atoms with E-state index in [2.05, 4.69) is 26.5 Å². The predicted molar refractivity (Wildman–Crippen MR) is 135 cm³/mol. The van der Waals surface area contributed by atoms with Crippen LogP contribution in [0.1, 0.15) is 60.3 Å². The number of aliphatic hydroxyl groups excluding tert-OH is 1. The molecule has 6 heteroatoms. The zero-order valence-corrected chi connectivity index (χ0v) is 21.9. The minimum absolute atomic E-state index is 0.00234. The topological polar surface area (TPSA) is 93.1 Å². The average molecular weight is 495 g/mol. The van der Waals surface area contributed by atoms with Crippen LogP contribution in [-0.4, -0.2) is 45.6 Å². The van der Waals surface area contributed by atoms with Crippen molar-refractivity contribution in [1.29, 1.82) is 0 Å². The number of fused-ring (bicyclic) bond motifs is 4. The molecule has 0 spiro atoms. The first-order valence-electron chi connectivity index (χ1n) is 13.1. The molecule has 8 atom stereocenters. The number of esters is 2. The Morgan fingerprint density at radius 1 is 1.17 bits per heavy atom. The molecule has 1 saturated carbocycles. The Hall–Kier alpha value is -2.44. The van der Waals surface area contributed by atoms with E-state index >= 15 is 0 Å². The number of ether oxygens (including phenoxy) is 2. The number of hydrogen-bond acceptors (Lipinski definition) is 6. The third kappa shape index (κ3) is 3.76. The van der Waals surface area contributed by atoms with Gasteiger partial charge < -0.3 is 19.7 Å². The van der Waals surface area contributed by atoms with Crippen LogP contribution in [-0.2, 0) is 19.1 Å². The standard InChI is InChI=1S/C30H38O6/c1-16-7-9-23(35-27(16)33)18(3)20-11-12-29(6)21(17(20)2)15-30(34)14-19-8-10-25(32)36-28(4,5)26(19)22(31)13-24(29)30/h7-8,10-11,14,18,21-24,26,31,34H,2,9,12-13,15H2,1,3-6H3/t18-,21+,22-,23-,24+,26+,29-,30-/m1/s1. The van der Waals surface area contributed by atoms with E-state index in [1.165, 1.54) is 6.08 Å². The molecule has 0 saturated heterocycles. The Morgan fingerprint density at radius 3 is 2.58 bits per heavy atom. The first-order valence-corrected chi connectivity index (χ1v) is 13.1. The van der Waals surface area contributed by atoms with Crippen LogP contribution in [0.25, 0.3) is 0 Å². The van der Waals surface area contributed by atoms with Gasteiger partial charge in [-0.15, -0.1) is 0 Å². The third-order valence-corrected chi connectivity index (χ3v) is 9.73. The summed E-state index contributed by atoms with van der Waals surface area (Å²) in [5.74, 6) is -1.30. The van der Waals surface area contributed by atoms with E-state index < -0.39 is 29.2 Å². The lowest BCUT2D eigenvalue weighted by Crippen LogP contribution is -2.45. The molecule has 5 rings (SSSR count). The maximum absolute atomic E-state index is 12.2. The summed E-state index contributed by atoms with van der Waals surface area (Å²) >= 11 is 0. The van der Waals surface area contributed by atoms with E-state index in [1.54, 1.807) is 13.0 Å². The SMILES string of the molecule is C=C1C([C@@H](C)[C@H]2CC=C(C)C(=O)O2)=CC[C@]2(C)[C@H]1C[C@]1(O)C=C3C=CC(=O)OC(C)(C)[C@@H]3[C@H](O)C[C@@H]21. The van der Waals surface area contributed by atoms with E-state index in [1.807, 2.05) is 26.0 Å². The number of rotatable bonds is 2. The third-order valence-electron chi connectivity index (χ3n) is 9.73. The molecule has 0 unspecified atom stereocenters. The molecule has 5 aliphatic rings. The second kappa shape index (κ2) is 8.29. The number of carbonyl (C=O) groups excluding carboxylic acids is 2. The van der Waals surface area contributed by atoms with Gasteiger partial charge in [0.2, 0.25) is 0 Å². The maximum atomic E-state index is 12.2. The predicted octanol–water partition coefficient (Wildman–Crippen LogP) is 4.34. The van der Waals surface area contributed by atoms with Gasteiger partial charge in [0.05, 0.1) is 11.7 Å². The van der Waals surface area contributed by atoms with Crippen molar-refractivity contribution in [3.05, 3.63) is 59.3 Å². The Kier molecular flexibility index (Phi) is 5.80. The van der Waals surface area contributed by atoms with E-state index in [4.69, 9.17) is 9.47 Å². The highest BCUT2D eigenvalue weighted by atomic mass is 16.6. The number of aliphatic hydroxyl groups is 2. The van der Waals surface area contributed by atoms with Crippen LogP contribution in [0.5, 0.6) is 0 Å². The van der Waals surface area contributed by atoms with E-state index in [-0.39, 0.29) is 35.2 Å². The van der Waals surface area contributed by atoms with Crippen molar-refractivity contribution in [2.45, 2.75) is 83.7 Å². The molecule has 36 heavy (non-hydrogen) atoms. The number of hydrogen-bond donors (Lipinski definition) is 2. The summed E-state index contributed by atoms with van der Waals surface area (Å²) in [6, 6.07) is 0. The summed E-state index contributed by atoms with van der Waals surface area (Å²) in [4.78, 5) is 24.3. The van der Waals surface area contributed by atoms with Crippen molar-refractivity contribution in [3.8, 4) is 0 Å². The summed E-state index contributed by atoms with van der Waals surface area (Å²) in [5.41, 5.74) is 1.14. The normalized spacial score (nSPS) is 42.4. The van der Waals surface area contributed by atoms with Crippen LogP contribution in [0.2, 0.25) is 0 Å². The molecule has 0 radical (unpaired) electrons. The van der Waals surface area contributed by atoms with Gasteiger partial charge in [0, 0.05) is 35.8 Å². The minimum Gasteiger partial charge on any atom is -0.458 e. The van der Waals surface area contributed by atoms with Crippen molar-refractivity contribution in [3.63, 3.8) is 0 Å². The molecule has 2 N–H and O–H groups in total. The summed E-state index contributed by atoms with van der Waals surface area (Å²) in [6.07, 6.45) is 10.4. The zero-order chi connectivity index (χ0) is 26.2. The van der Waals surface area contributed by atoms with Crippen molar-refractivity contribution in [2.75, 3.05) is 0 Å². The first kappa shape index (κ1) is 25.2. The van der Waals surface area contributed by atoms with E-state index in [0.717, 1.165) is 23.1 Å². The quantitative estimate of drug-likeness (QED) is 0.555. The molecule has 0 amide bonds. The van der Waals surface area contributed by atoms with Crippen LogP contribution < -0.4 is 0 Å². The van der Waals surface area contributed by atoms with Gasteiger partial charge in [-0.3, -0.25) is 0 Å². The molecule has 0 bridgehead atoms. The van der Waals surface area contributed by atoms with E-state index in [9.17, 15) is 19.8 Å². The van der Waals surface area contributed by atoms with Gasteiger partial charge in [-0.1, -0.05) is 38.7 Å². The van der Waals surface area contributed by atoms with Crippen LogP contribution in [0, 0.1) is 29.1 Å². The number of carbonyl (C=O) groups is 2. The van der Waals surface area contributed by atoms with Gasteiger partial charge in [-0.25, -0.2) is 9.59 Å². The van der Waals surface area contributed by atoms with Crippen molar-refractivity contribution in [1.82, 2.24) is 0 Å². The lowest BCUT2D eigenvalue weighted by atomic mass is 9.61. The van der Waals surface area contributed by atoms with Crippen LogP contribution in [0.4, 0.5) is 0 Å². The second-order valence-corrected chi connectivity index (χ2v) is 12.3. The second-order valence-electron chi connectivity index (χ2n) is 12.3.